The quantitative estimate of drug-likeness (QED) is 0.629. The van der Waals surface area contributed by atoms with Crippen LogP contribution < -0.4 is 5.32 Å². The van der Waals surface area contributed by atoms with E-state index in [-0.39, 0.29) is 5.91 Å². The second-order valence-corrected chi connectivity index (χ2v) is 7.88. The Kier molecular flexibility index (Phi) is 5.90. The van der Waals surface area contributed by atoms with E-state index in [9.17, 15) is 4.79 Å². The maximum atomic E-state index is 12.7. The van der Waals surface area contributed by atoms with Gasteiger partial charge in [-0.2, -0.15) is 5.10 Å². The Morgan fingerprint density at radius 2 is 1.90 bits per heavy atom. The number of aromatic nitrogens is 3. The number of fused-ring (bicyclic) bond motifs is 1. The lowest BCUT2D eigenvalue weighted by Gasteiger charge is -2.14. The third kappa shape index (κ3) is 4.32. The van der Waals surface area contributed by atoms with Gasteiger partial charge in [0.05, 0.1) is 6.20 Å². The summed E-state index contributed by atoms with van der Waals surface area (Å²) in [6.45, 7) is 8.16. The molecule has 1 N–H and O–H groups in total. The summed E-state index contributed by atoms with van der Waals surface area (Å²) in [4.78, 5) is 19.9. The zero-order chi connectivity index (χ0) is 20.2. The summed E-state index contributed by atoms with van der Waals surface area (Å²) >= 11 is 0. The van der Waals surface area contributed by atoms with Crippen molar-refractivity contribution < 1.29 is 4.79 Å². The molecule has 1 amide bonds. The highest BCUT2D eigenvalue weighted by Gasteiger charge is 2.18. The molecule has 0 atom stereocenters. The van der Waals surface area contributed by atoms with Gasteiger partial charge in [-0.1, -0.05) is 30.3 Å². The molecule has 1 saturated heterocycles. The average molecular weight is 392 g/mol. The molecule has 4 rings (SSSR count). The highest BCUT2D eigenvalue weighted by atomic mass is 16.1. The van der Waals surface area contributed by atoms with Gasteiger partial charge in [-0.15, -0.1) is 0 Å². The Bertz CT molecular complexity index is 989. The molecule has 0 unspecified atom stereocenters. The fourth-order valence-electron chi connectivity index (χ4n) is 4.13. The van der Waals surface area contributed by atoms with Gasteiger partial charge in [0.1, 0.15) is 5.56 Å². The van der Waals surface area contributed by atoms with Crippen LogP contribution in [-0.2, 0) is 6.42 Å². The van der Waals surface area contributed by atoms with E-state index in [1.54, 1.807) is 10.7 Å². The van der Waals surface area contributed by atoms with Crippen LogP contribution >= 0.6 is 0 Å². The van der Waals surface area contributed by atoms with Gasteiger partial charge in [-0.25, -0.2) is 9.50 Å². The Morgan fingerprint density at radius 3 is 2.66 bits per heavy atom. The molecule has 3 aromatic rings. The number of rotatable bonds is 7. The Labute approximate surface area is 171 Å². The molecule has 29 heavy (non-hydrogen) atoms. The van der Waals surface area contributed by atoms with Gasteiger partial charge in [0.2, 0.25) is 0 Å². The maximum absolute atomic E-state index is 12.7. The first-order chi connectivity index (χ1) is 14.1. The Balaban J connectivity index is 1.47. The number of carbonyl (C=O) groups is 1. The van der Waals surface area contributed by atoms with E-state index >= 15 is 0 Å². The van der Waals surface area contributed by atoms with Crippen molar-refractivity contribution in [2.45, 2.75) is 39.5 Å². The van der Waals surface area contributed by atoms with E-state index in [1.165, 1.54) is 31.5 Å². The molecule has 0 radical (unpaired) electrons. The van der Waals surface area contributed by atoms with Crippen molar-refractivity contribution in [3.05, 3.63) is 64.6 Å². The summed E-state index contributed by atoms with van der Waals surface area (Å²) in [6, 6.07) is 10.4. The van der Waals surface area contributed by atoms with Crippen molar-refractivity contribution in [2.24, 2.45) is 0 Å². The lowest BCUT2D eigenvalue weighted by atomic mass is 10.0. The summed E-state index contributed by atoms with van der Waals surface area (Å²) in [5.74, 6) is -0.0940. The number of benzene rings is 1. The average Bonchev–Trinajstić information content (AvgIpc) is 3.39. The van der Waals surface area contributed by atoms with Gasteiger partial charge in [-0.3, -0.25) is 4.79 Å². The molecule has 0 aliphatic carbocycles. The van der Waals surface area contributed by atoms with Crippen molar-refractivity contribution in [1.29, 1.82) is 0 Å². The van der Waals surface area contributed by atoms with Gasteiger partial charge < -0.3 is 10.2 Å². The molecule has 0 saturated carbocycles. The molecule has 152 valence electrons. The number of amides is 1. The van der Waals surface area contributed by atoms with Crippen molar-refractivity contribution in [2.75, 3.05) is 26.2 Å². The molecule has 0 bridgehead atoms. The van der Waals surface area contributed by atoms with Crippen LogP contribution in [0, 0.1) is 13.8 Å². The van der Waals surface area contributed by atoms with Crippen molar-refractivity contribution >= 4 is 11.6 Å². The van der Waals surface area contributed by atoms with E-state index in [0.717, 1.165) is 36.3 Å². The number of nitrogens with one attached hydrogen (secondary N) is 1. The second kappa shape index (κ2) is 8.74. The molecule has 1 aliphatic heterocycles. The molecule has 0 spiro atoms. The van der Waals surface area contributed by atoms with Crippen molar-refractivity contribution in [3.8, 4) is 0 Å². The summed E-state index contributed by atoms with van der Waals surface area (Å²) in [5.41, 5.74) is 5.55. The zero-order valence-corrected chi connectivity index (χ0v) is 17.3. The molecule has 6 heteroatoms. The summed E-state index contributed by atoms with van der Waals surface area (Å²) in [5, 5.41) is 7.49. The highest BCUT2D eigenvalue weighted by Crippen LogP contribution is 2.20. The number of hydrogen-bond acceptors (Lipinski definition) is 4. The van der Waals surface area contributed by atoms with Crippen LogP contribution in [0.2, 0.25) is 0 Å². The first-order valence-corrected chi connectivity index (χ1v) is 10.5. The minimum atomic E-state index is -0.0940. The molecular formula is C23H29N5O. The van der Waals surface area contributed by atoms with Gasteiger partial charge in [0.25, 0.3) is 5.91 Å². The van der Waals surface area contributed by atoms with Crippen molar-refractivity contribution in [1.82, 2.24) is 24.8 Å². The number of likely N-dealkylation sites (tertiary alicyclic amines) is 1. The fraction of sp³-hybridized carbons (Fsp3) is 0.435. The van der Waals surface area contributed by atoms with Crippen LogP contribution in [0.4, 0.5) is 0 Å². The van der Waals surface area contributed by atoms with Gasteiger partial charge in [-0.05, 0) is 63.9 Å². The normalized spacial score (nSPS) is 14.6. The van der Waals surface area contributed by atoms with Crippen LogP contribution in [-0.4, -0.2) is 51.6 Å². The number of aryl methyl sites for hydroxylation is 2. The van der Waals surface area contributed by atoms with Crippen LogP contribution in [0.3, 0.4) is 0 Å². The third-order valence-electron chi connectivity index (χ3n) is 5.81. The van der Waals surface area contributed by atoms with E-state index < -0.39 is 0 Å². The van der Waals surface area contributed by atoms with Crippen molar-refractivity contribution in [3.63, 3.8) is 0 Å². The molecule has 1 aromatic carbocycles. The first kappa shape index (κ1) is 19.6. The molecule has 1 aliphatic rings. The monoisotopic (exact) mass is 391 g/mol. The Morgan fingerprint density at radius 1 is 1.14 bits per heavy atom. The van der Waals surface area contributed by atoms with E-state index in [2.05, 4.69) is 27.4 Å². The molecular weight excluding hydrogens is 362 g/mol. The summed E-state index contributed by atoms with van der Waals surface area (Å²) in [7, 11) is 0. The minimum Gasteiger partial charge on any atom is -0.352 e. The molecule has 3 heterocycles. The van der Waals surface area contributed by atoms with Crippen LogP contribution in [0.1, 0.15) is 52.1 Å². The lowest BCUT2D eigenvalue weighted by molar-refractivity contribution is 0.0953. The fourth-order valence-corrected chi connectivity index (χ4v) is 4.13. The molecule has 1 fully saturated rings. The standard InChI is InChI=1S/C23H29N5O/c1-17-20(15-19-9-4-3-5-10-19)18(2)28-22(26-17)21(16-25-28)23(29)24-11-8-14-27-12-6-7-13-27/h3-5,9-10,16H,6-8,11-15H2,1-2H3,(H,24,29). The molecule has 6 nitrogen and oxygen atoms in total. The van der Waals surface area contributed by atoms with Crippen LogP contribution in [0.25, 0.3) is 5.65 Å². The van der Waals surface area contributed by atoms with E-state index in [4.69, 9.17) is 4.98 Å². The smallest absolute Gasteiger partial charge is 0.256 e. The predicted octanol–water partition coefficient (Wildman–Crippen LogP) is 3.15. The zero-order valence-electron chi connectivity index (χ0n) is 17.3. The maximum Gasteiger partial charge on any atom is 0.256 e. The highest BCUT2D eigenvalue weighted by molar-refractivity contribution is 5.99. The van der Waals surface area contributed by atoms with E-state index in [0.29, 0.717) is 17.8 Å². The first-order valence-electron chi connectivity index (χ1n) is 10.5. The Hall–Kier alpha value is -2.73. The molecule has 2 aromatic heterocycles. The lowest BCUT2D eigenvalue weighted by Crippen LogP contribution is -2.28. The number of carbonyl (C=O) groups excluding carboxylic acids is 1. The van der Waals surface area contributed by atoms with Crippen LogP contribution in [0.5, 0.6) is 0 Å². The second-order valence-electron chi connectivity index (χ2n) is 7.88. The minimum absolute atomic E-state index is 0.0940. The third-order valence-corrected chi connectivity index (χ3v) is 5.81. The van der Waals surface area contributed by atoms with E-state index in [1.807, 2.05) is 32.0 Å². The SMILES string of the molecule is Cc1nc2c(C(=O)NCCCN3CCCC3)cnn2c(C)c1Cc1ccccc1. The van der Waals surface area contributed by atoms with Gasteiger partial charge >= 0.3 is 0 Å². The number of nitrogens with zero attached hydrogens (tertiary/aromatic N) is 4. The topological polar surface area (TPSA) is 62.5 Å². The largest absolute Gasteiger partial charge is 0.352 e. The van der Waals surface area contributed by atoms with Crippen LogP contribution in [0.15, 0.2) is 36.5 Å². The number of hydrogen-bond donors (Lipinski definition) is 1. The summed E-state index contributed by atoms with van der Waals surface area (Å²) < 4.78 is 1.80. The van der Waals surface area contributed by atoms with Gasteiger partial charge in [0.15, 0.2) is 5.65 Å². The predicted molar refractivity (Wildman–Crippen MR) is 114 cm³/mol. The van der Waals surface area contributed by atoms with Gasteiger partial charge in [0, 0.05) is 24.4 Å². The summed E-state index contributed by atoms with van der Waals surface area (Å²) in [6.07, 6.45) is 6.00.